The van der Waals surface area contributed by atoms with Crippen LogP contribution < -0.4 is 5.73 Å². The molecular weight excluding hydrogens is 192 g/mol. The van der Waals surface area contributed by atoms with Gasteiger partial charge < -0.3 is 15.9 Å². The largest absolute Gasteiger partial charge is 0.502 e. The molecule has 1 rings (SSSR count). The van der Waals surface area contributed by atoms with Crippen molar-refractivity contribution >= 4 is 17.3 Å². The van der Waals surface area contributed by atoms with Gasteiger partial charge in [-0.1, -0.05) is 0 Å². The Labute approximate surface area is 77.5 Å². The van der Waals surface area contributed by atoms with E-state index in [4.69, 9.17) is 15.9 Å². The SMILES string of the molecule is Nc1cc(O)c([N+](=O)[O-])cc1C(=O)O. The summed E-state index contributed by atoms with van der Waals surface area (Å²) in [5.74, 6) is -2.04. The van der Waals surface area contributed by atoms with E-state index in [1.54, 1.807) is 0 Å². The number of nitrogens with zero attached hydrogens (tertiary/aromatic N) is 1. The first kappa shape index (κ1) is 9.78. The minimum Gasteiger partial charge on any atom is -0.502 e. The number of benzene rings is 1. The molecule has 0 bridgehead atoms. The van der Waals surface area contributed by atoms with Crippen LogP contribution in [0, 0.1) is 10.1 Å². The molecular formula is C7H6N2O5. The van der Waals surface area contributed by atoms with E-state index in [-0.39, 0.29) is 5.69 Å². The number of nitro groups is 1. The summed E-state index contributed by atoms with van der Waals surface area (Å²) in [5, 5.41) is 28.0. The Morgan fingerprint density at radius 3 is 2.50 bits per heavy atom. The summed E-state index contributed by atoms with van der Waals surface area (Å²) in [6, 6.07) is 1.55. The molecule has 0 aliphatic carbocycles. The van der Waals surface area contributed by atoms with Gasteiger partial charge in [-0.25, -0.2) is 4.79 Å². The number of carboxylic acids is 1. The first-order valence-electron chi connectivity index (χ1n) is 3.43. The summed E-state index contributed by atoms with van der Waals surface area (Å²) in [4.78, 5) is 20.0. The molecule has 0 aromatic heterocycles. The molecule has 14 heavy (non-hydrogen) atoms. The normalized spacial score (nSPS) is 9.71. The average molecular weight is 198 g/mol. The Balaban J connectivity index is 3.42. The highest BCUT2D eigenvalue weighted by molar-refractivity contribution is 5.95. The monoisotopic (exact) mass is 198 g/mol. The zero-order valence-corrected chi connectivity index (χ0v) is 6.80. The highest BCUT2D eigenvalue weighted by Gasteiger charge is 2.19. The van der Waals surface area contributed by atoms with Crippen LogP contribution in [0.15, 0.2) is 12.1 Å². The summed E-state index contributed by atoms with van der Waals surface area (Å²) in [5.41, 5.74) is 3.91. The lowest BCUT2D eigenvalue weighted by atomic mass is 10.1. The molecule has 0 unspecified atom stereocenters. The number of nitrogen functional groups attached to an aromatic ring is 1. The Morgan fingerprint density at radius 2 is 2.07 bits per heavy atom. The summed E-state index contributed by atoms with van der Waals surface area (Å²) in [6.07, 6.45) is 0. The number of rotatable bonds is 2. The fourth-order valence-electron chi connectivity index (χ4n) is 0.924. The number of aromatic carboxylic acids is 1. The molecule has 0 amide bonds. The lowest BCUT2D eigenvalue weighted by molar-refractivity contribution is -0.385. The molecule has 0 spiro atoms. The Kier molecular flexibility index (Phi) is 2.24. The van der Waals surface area contributed by atoms with E-state index in [1.807, 2.05) is 0 Å². The van der Waals surface area contributed by atoms with Gasteiger partial charge >= 0.3 is 11.7 Å². The van der Waals surface area contributed by atoms with E-state index in [9.17, 15) is 14.9 Å². The molecule has 0 saturated heterocycles. The predicted molar refractivity (Wildman–Crippen MR) is 46.1 cm³/mol. The first-order valence-corrected chi connectivity index (χ1v) is 3.43. The van der Waals surface area contributed by atoms with E-state index >= 15 is 0 Å². The van der Waals surface area contributed by atoms with Crippen LogP contribution in [0.3, 0.4) is 0 Å². The van der Waals surface area contributed by atoms with Gasteiger partial charge in [0, 0.05) is 12.1 Å². The van der Waals surface area contributed by atoms with Gasteiger partial charge in [0.2, 0.25) is 0 Å². The highest BCUT2D eigenvalue weighted by Crippen LogP contribution is 2.30. The van der Waals surface area contributed by atoms with Crippen molar-refractivity contribution in [3.05, 3.63) is 27.8 Å². The molecule has 0 radical (unpaired) electrons. The van der Waals surface area contributed by atoms with Crippen LogP contribution in [-0.2, 0) is 0 Å². The second kappa shape index (κ2) is 3.21. The fraction of sp³-hybridized carbons (Fsp3) is 0. The van der Waals surface area contributed by atoms with Crippen molar-refractivity contribution in [2.75, 3.05) is 5.73 Å². The summed E-state index contributed by atoms with van der Waals surface area (Å²) in [6.45, 7) is 0. The third-order valence-corrected chi connectivity index (χ3v) is 1.57. The van der Waals surface area contributed by atoms with Gasteiger partial charge in [-0.05, 0) is 0 Å². The minimum absolute atomic E-state index is 0.222. The average Bonchev–Trinajstić information content (AvgIpc) is 2.02. The van der Waals surface area contributed by atoms with Crippen molar-refractivity contribution in [1.82, 2.24) is 0 Å². The number of nitro benzene ring substituents is 1. The fourth-order valence-corrected chi connectivity index (χ4v) is 0.924. The second-order valence-electron chi connectivity index (χ2n) is 2.49. The van der Waals surface area contributed by atoms with Crippen molar-refractivity contribution in [2.24, 2.45) is 0 Å². The number of hydrogen-bond acceptors (Lipinski definition) is 5. The zero-order chi connectivity index (χ0) is 10.9. The van der Waals surface area contributed by atoms with Crippen LogP contribution >= 0.6 is 0 Å². The minimum atomic E-state index is -1.38. The van der Waals surface area contributed by atoms with Crippen molar-refractivity contribution < 1.29 is 19.9 Å². The molecule has 7 heteroatoms. The smallest absolute Gasteiger partial charge is 0.338 e. The quantitative estimate of drug-likeness (QED) is 0.362. The first-order chi connectivity index (χ1) is 6.43. The molecule has 0 atom stereocenters. The number of hydrogen-bond donors (Lipinski definition) is 3. The number of carbonyl (C=O) groups is 1. The topological polar surface area (TPSA) is 127 Å². The number of aromatic hydroxyl groups is 1. The highest BCUT2D eigenvalue weighted by atomic mass is 16.6. The number of phenols is 1. The van der Waals surface area contributed by atoms with E-state index in [0.29, 0.717) is 6.07 Å². The van der Waals surface area contributed by atoms with Gasteiger partial charge in [-0.3, -0.25) is 10.1 Å². The third-order valence-electron chi connectivity index (χ3n) is 1.57. The maximum atomic E-state index is 10.5. The summed E-state index contributed by atoms with van der Waals surface area (Å²) < 4.78 is 0. The van der Waals surface area contributed by atoms with Crippen LogP contribution in [0.5, 0.6) is 5.75 Å². The standard InChI is InChI=1S/C7H6N2O5/c8-4-2-6(10)5(9(13)14)1-3(4)7(11)12/h1-2,10H,8H2,(H,11,12). The Hall–Kier alpha value is -2.31. The molecule has 74 valence electrons. The van der Waals surface area contributed by atoms with Gasteiger partial charge in [0.05, 0.1) is 16.2 Å². The van der Waals surface area contributed by atoms with E-state index in [1.165, 1.54) is 0 Å². The van der Waals surface area contributed by atoms with E-state index < -0.39 is 27.9 Å². The van der Waals surface area contributed by atoms with Crippen molar-refractivity contribution in [1.29, 1.82) is 0 Å². The molecule has 1 aromatic rings. The number of carboxylic acid groups (broad SMARTS) is 1. The maximum absolute atomic E-state index is 10.5. The predicted octanol–water partition coefficient (Wildman–Crippen LogP) is 0.581. The lowest BCUT2D eigenvalue weighted by Crippen LogP contribution is -2.03. The molecule has 1 aromatic carbocycles. The maximum Gasteiger partial charge on any atom is 0.338 e. The van der Waals surface area contributed by atoms with Gasteiger partial charge in [-0.15, -0.1) is 0 Å². The van der Waals surface area contributed by atoms with Crippen LogP contribution in [0.4, 0.5) is 11.4 Å². The van der Waals surface area contributed by atoms with Crippen molar-refractivity contribution in [3.8, 4) is 5.75 Å². The number of nitrogens with two attached hydrogens (primary N) is 1. The Morgan fingerprint density at radius 1 is 1.50 bits per heavy atom. The Bertz CT molecular complexity index is 380. The van der Waals surface area contributed by atoms with Crippen LogP contribution in [0.2, 0.25) is 0 Å². The molecule has 0 heterocycles. The van der Waals surface area contributed by atoms with Crippen LogP contribution in [0.25, 0.3) is 0 Å². The van der Waals surface area contributed by atoms with E-state index in [0.717, 1.165) is 6.07 Å². The summed E-state index contributed by atoms with van der Waals surface area (Å²) >= 11 is 0. The lowest BCUT2D eigenvalue weighted by Gasteiger charge is -2.01. The third kappa shape index (κ3) is 1.56. The number of phenolic OH excluding ortho intramolecular Hbond substituents is 1. The molecule has 4 N–H and O–H groups in total. The van der Waals surface area contributed by atoms with Crippen molar-refractivity contribution in [3.63, 3.8) is 0 Å². The van der Waals surface area contributed by atoms with Crippen LogP contribution in [0.1, 0.15) is 10.4 Å². The van der Waals surface area contributed by atoms with Crippen LogP contribution in [-0.4, -0.2) is 21.1 Å². The molecule has 0 aliphatic heterocycles. The van der Waals surface area contributed by atoms with Gasteiger partial charge in [0.15, 0.2) is 5.75 Å². The second-order valence-corrected chi connectivity index (χ2v) is 2.49. The molecule has 0 fully saturated rings. The van der Waals surface area contributed by atoms with Gasteiger partial charge in [-0.2, -0.15) is 0 Å². The molecule has 0 aliphatic rings. The van der Waals surface area contributed by atoms with Gasteiger partial charge in [0.25, 0.3) is 0 Å². The van der Waals surface area contributed by atoms with Gasteiger partial charge in [0.1, 0.15) is 0 Å². The summed E-state index contributed by atoms with van der Waals surface area (Å²) in [7, 11) is 0. The van der Waals surface area contributed by atoms with Crippen molar-refractivity contribution in [2.45, 2.75) is 0 Å². The zero-order valence-electron chi connectivity index (χ0n) is 6.80. The number of anilines is 1. The van der Waals surface area contributed by atoms with E-state index in [2.05, 4.69) is 0 Å². The molecule has 7 nitrogen and oxygen atoms in total. The molecule has 0 saturated carbocycles.